The molecule has 0 aliphatic carbocycles. The summed E-state index contributed by atoms with van der Waals surface area (Å²) in [6.45, 7) is 6.27. The molecule has 6 heteroatoms. The Morgan fingerprint density at radius 3 is 2.38 bits per heavy atom. The predicted molar refractivity (Wildman–Crippen MR) is 82.8 cm³/mol. The zero-order valence-corrected chi connectivity index (χ0v) is 14.0. The SMILES string of the molecule is CN(C)S(=O)(=O)c1ccc2c(c1)CCN2C(=O)C(C)(C)C. The average Bonchev–Trinajstić information content (AvgIpc) is 2.79. The van der Waals surface area contributed by atoms with Crippen molar-refractivity contribution in [3.8, 4) is 0 Å². The molecule has 0 saturated carbocycles. The summed E-state index contributed by atoms with van der Waals surface area (Å²) in [7, 11) is -0.411. The summed E-state index contributed by atoms with van der Waals surface area (Å²) in [5.74, 6) is 0.0597. The van der Waals surface area contributed by atoms with E-state index in [1.54, 1.807) is 23.1 Å². The topological polar surface area (TPSA) is 57.7 Å². The van der Waals surface area contributed by atoms with Crippen molar-refractivity contribution in [3.63, 3.8) is 0 Å². The van der Waals surface area contributed by atoms with Crippen LogP contribution >= 0.6 is 0 Å². The maximum atomic E-state index is 12.4. The zero-order chi connectivity index (χ0) is 16.0. The van der Waals surface area contributed by atoms with Crippen LogP contribution in [0.2, 0.25) is 0 Å². The Morgan fingerprint density at radius 2 is 1.86 bits per heavy atom. The normalized spacial score (nSPS) is 15.4. The second-order valence-corrected chi connectivity index (χ2v) is 8.69. The highest BCUT2D eigenvalue weighted by molar-refractivity contribution is 7.89. The van der Waals surface area contributed by atoms with E-state index >= 15 is 0 Å². The van der Waals surface area contributed by atoms with Crippen LogP contribution in [0.1, 0.15) is 26.3 Å². The second-order valence-electron chi connectivity index (χ2n) is 6.53. The summed E-state index contributed by atoms with van der Waals surface area (Å²) in [6.07, 6.45) is 0.688. The van der Waals surface area contributed by atoms with Gasteiger partial charge in [-0.3, -0.25) is 4.79 Å². The first-order valence-electron chi connectivity index (χ1n) is 6.92. The Morgan fingerprint density at radius 1 is 1.24 bits per heavy atom. The molecule has 2 rings (SSSR count). The number of carbonyl (C=O) groups excluding carboxylic acids is 1. The second kappa shape index (κ2) is 5.10. The smallest absolute Gasteiger partial charge is 0.242 e. The molecule has 1 aromatic carbocycles. The minimum Gasteiger partial charge on any atom is -0.311 e. The van der Waals surface area contributed by atoms with Gasteiger partial charge in [-0.15, -0.1) is 0 Å². The molecule has 1 aliphatic rings. The van der Waals surface area contributed by atoms with Gasteiger partial charge in [-0.2, -0.15) is 0 Å². The minimum absolute atomic E-state index is 0.0597. The van der Waals surface area contributed by atoms with Crippen molar-refractivity contribution in [2.24, 2.45) is 5.41 Å². The molecular formula is C15H22N2O3S. The summed E-state index contributed by atoms with van der Waals surface area (Å²) in [4.78, 5) is 14.4. The highest BCUT2D eigenvalue weighted by atomic mass is 32.2. The number of nitrogens with zero attached hydrogens (tertiary/aromatic N) is 2. The monoisotopic (exact) mass is 310 g/mol. The van der Waals surface area contributed by atoms with Crippen LogP contribution in [0.3, 0.4) is 0 Å². The molecule has 1 aliphatic heterocycles. The van der Waals surface area contributed by atoms with Crippen molar-refractivity contribution in [1.82, 2.24) is 4.31 Å². The van der Waals surface area contributed by atoms with Crippen molar-refractivity contribution in [3.05, 3.63) is 23.8 Å². The number of rotatable bonds is 2. The molecule has 1 heterocycles. The first-order chi connectivity index (χ1) is 9.55. The van der Waals surface area contributed by atoms with Crippen molar-refractivity contribution in [2.75, 3.05) is 25.5 Å². The predicted octanol–water partition coefficient (Wildman–Crippen LogP) is 1.87. The molecule has 1 aromatic rings. The summed E-state index contributed by atoms with van der Waals surface area (Å²) in [5.41, 5.74) is 1.29. The first-order valence-corrected chi connectivity index (χ1v) is 8.36. The van der Waals surface area contributed by atoms with E-state index in [9.17, 15) is 13.2 Å². The number of sulfonamides is 1. The van der Waals surface area contributed by atoms with E-state index < -0.39 is 15.4 Å². The average molecular weight is 310 g/mol. The molecule has 5 nitrogen and oxygen atoms in total. The summed E-state index contributed by atoms with van der Waals surface area (Å²) in [5, 5.41) is 0. The van der Waals surface area contributed by atoms with E-state index in [0.717, 1.165) is 11.3 Å². The van der Waals surface area contributed by atoms with Crippen molar-refractivity contribution in [1.29, 1.82) is 0 Å². The van der Waals surface area contributed by atoms with Gasteiger partial charge in [0.1, 0.15) is 0 Å². The van der Waals surface area contributed by atoms with Gasteiger partial charge in [0, 0.05) is 31.7 Å². The van der Waals surface area contributed by atoms with Gasteiger partial charge in [-0.05, 0) is 30.2 Å². The van der Waals surface area contributed by atoms with Crippen LogP contribution in [0, 0.1) is 5.41 Å². The first kappa shape index (κ1) is 16.0. The van der Waals surface area contributed by atoms with Gasteiger partial charge in [0.05, 0.1) is 4.90 Å². The lowest BCUT2D eigenvalue weighted by Gasteiger charge is -2.26. The van der Waals surface area contributed by atoms with E-state index in [1.165, 1.54) is 18.4 Å². The van der Waals surface area contributed by atoms with Gasteiger partial charge in [0.25, 0.3) is 0 Å². The summed E-state index contributed by atoms with van der Waals surface area (Å²) < 4.78 is 25.5. The molecule has 0 spiro atoms. The lowest BCUT2D eigenvalue weighted by Crippen LogP contribution is -2.38. The van der Waals surface area contributed by atoms with Crippen LogP contribution < -0.4 is 4.90 Å². The quantitative estimate of drug-likeness (QED) is 0.838. The molecule has 21 heavy (non-hydrogen) atoms. The number of anilines is 1. The molecule has 1 amide bonds. The van der Waals surface area contributed by atoms with Crippen molar-refractivity contribution in [2.45, 2.75) is 32.1 Å². The fourth-order valence-corrected chi connectivity index (χ4v) is 3.32. The van der Waals surface area contributed by atoms with E-state index in [1.807, 2.05) is 20.8 Å². The van der Waals surface area contributed by atoms with E-state index in [0.29, 0.717) is 13.0 Å². The fraction of sp³-hybridized carbons (Fsp3) is 0.533. The molecule has 0 bridgehead atoms. The lowest BCUT2D eigenvalue weighted by molar-refractivity contribution is -0.125. The third-order valence-electron chi connectivity index (χ3n) is 3.61. The highest BCUT2D eigenvalue weighted by Gasteiger charge is 2.33. The van der Waals surface area contributed by atoms with Gasteiger partial charge >= 0.3 is 0 Å². The third kappa shape index (κ3) is 2.82. The van der Waals surface area contributed by atoms with E-state index in [-0.39, 0.29) is 10.8 Å². The van der Waals surface area contributed by atoms with Gasteiger partial charge in [0.2, 0.25) is 15.9 Å². The van der Waals surface area contributed by atoms with Crippen LogP contribution in [-0.2, 0) is 21.2 Å². The Balaban J connectivity index is 2.40. The number of fused-ring (bicyclic) bond motifs is 1. The van der Waals surface area contributed by atoms with Crippen molar-refractivity contribution >= 4 is 21.6 Å². The van der Waals surface area contributed by atoms with Gasteiger partial charge in [0.15, 0.2) is 0 Å². The molecule has 0 radical (unpaired) electrons. The van der Waals surface area contributed by atoms with Crippen LogP contribution in [-0.4, -0.2) is 39.3 Å². The third-order valence-corrected chi connectivity index (χ3v) is 5.42. The zero-order valence-electron chi connectivity index (χ0n) is 13.2. The van der Waals surface area contributed by atoms with Gasteiger partial charge in [-0.1, -0.05) is 20.8 Å². The van der Waals surface area contributed by atoms with Crippen LogP contribution in [0.4, 0.5) is 5.69 Å². The lowest BCUT2D eigenvalue weighted by atomic mass is 9.95. The number of benzene rings is 1. The number of carbonyl (C=O) groups is 1. The van der Waals surface area contributed by atoms with Crippen molar-refractivity contribution < 1.29 is 13.2 Å². The molecule has 0 saturated heterocycles. The van der Waals surface area contributed by atoms with E-state index in [4.69, 9.17) is 0 Å². The summed E-state index contributed by atoms with van der Waals surface area (Å²) in [6, 6.07) is 4.99. The molecule has 116 valence electrons. The number of hydrogen-bond donors (Lipinski definition) is 0. The number of hydrogen-bond acceptors (Lipinski definition) is 3. The molecule has 0 unspecified atom stereocenters. The standard InChI is InChI=1S/C15H22N2O3S/c1-15(2,3)14(18)17-9-8-11-10-12(6-7-13(11)17)21(19,20)16(4)5/h6-7,10H,8-9H2,1-5H3. The highest BCUT2D eigenvalue weighted by Crippen LogP contribution is 2.33. The Labute approximate surface area is 126 Å². The minimum atomic E-state index is -3.43. The van der Waals surface area contributed by atoms with Gasteiger partial charge < -0.3 is 4.90 Å². The number of amides is 1. The molecule has 0 aromatic heterocycles. The molecular weight excluding hydrogens is 288 g/mol. The summed E-state index contributed by atoms with van der Waals surface area (Å²) >= 11 is 0. The molecule has 0 atom stereocenters. The maximum absolute atomic E-state index is 12.4. The van der Waals surface area contributed by atoms with Crippen LogP contribution in [0.15, 0.2) is 23.1 Å². The van der Waals surface area contributed by atoms with Crippen LogP contribution in [0.25, 0.3) is 0 Å². The largest absolute Gasteiger partial charge is 0.311 e. The fourth-order valence-electron chi connectivity index (χ4n) is 2.37. The molecule has 0 fully saturated rings. The van der Waals surface area contributed by atoms with Crippen LogP contribution in [0.5, 0.6) is 0 Å². The van der Waals surface area contributed by atoms with E-state index in [2.05, 4.69) is 0 Å². The Hall–Kier alpha value is -1.40. The maximum Gasteiger partial charge on any atom is 0.242 e. The Kier molecular flexibility index (Phi) is 3.88. The molecule has 0 N–H and O–H groups in total. The Bertz CT molecular complexity index is 673. The van der Waals surface area contributed by atoms with Gasteiger partial charge in [-0.25, -0.2) is 12.7 Å².